The maximum atomic E-state index is 13.7. The van der Waals surface area contributed by atoms with Gasteiger partial charge in [0.15, 0.2) is 5.13 Å². The Labute approximate surface area is 229 Å². The number of anilines is 2. The van der Waals surface area contributed by atoms with Crippen LogP contribution in [0.3, 0.4) is 0 Å². The fraction of sp³-hybridized carbons (Fsp3) is 0.107. The van der Waals surface area contributed by atoms with E-state index in [1.165, 1.54) is 11.3 Å². The van der Waals surface area contributed by atoms with Crippen molar-refractivity contribution in [1.29, 1.82) is 0 Å². The zero-order valence-corrected chi connectivity index (χ0v) is 22.9. The van der Waals surface area contributed by atoms with Crippen LogP contribution in [0.5, 0.6) is 0 Å². The van der Waals surface area contributed by atoms with Gasteiger partial charge in [0.2, 0.25) is 0 Å². The molecule has 0 atom stereocenters. The number of carbonyl (C=O) groups is 1. The molecule has 1 amide bonds. The Morgan fingerprint density at radius 3 is 2.42 bits per heavy atom. The highest BCUT2D eigenvalue weighted by Gasteiger charge is 2.23. The number of aromatic nitrogens is 2. The van der Waals surface area contributed by atoms with Gasteiger partial charge in [0, 0.05) is 22.5 Å². The molecule has 0 spiro atoms. The third-order valence-corrected chi connectivity index (χ3v) is 8.52. The SMILES string of the molecule is Cc1ccc(S(=O)(=O)Nc2ccc(C(=O)N(Cc3ccccn3)c3nc4c(C)cc(Cl)cc4s3)cc2)cc1. The minimum atomic E-state index is -3.76. The molecular weight excluding hydrogens is 540 g/mol. The number of amides is 1. The van der Waals surface area contributed by atoms with E-state index in [2.05, 4.69) is 9.71 Å². The summed E-state index contributed by atoms with van der Waals surface area (Å²) in [6, 6.07) is 22.1. The number of benzene rings is 3. The van der Waals surface area contributed by atoms with Crippen LogP contribution >= 0.6 is 22.9 Å². The van der Waals surface area contributed by atoms with Crippen LogP contribution in [0.15, 0.2) is 90.0 Å². The minimum absolute atomic E-state index is 0.163. The predicted molar refractivity (Wildman–Crippen MR) is 153 cm³/mol. The number of pyridine rings is 1. The van der Waals surface area contributed by atoms with Gasteiger partial charge in [-0.05, 0) is 80.1 Å². The maximum Gasteiger partial charge on any atom is 0.261 e. The Morgan fingerprint density at radius 2 is 1.74 bits per heavy atom. The summed E-state index contributed by atoms with van der Waals surface area (Å²) in [6.07, 6.45) is 1.68. The number of thiazole rings is 1. The number of rotatable bonds is 7. The van der Waals surface area contributed by atoms with Gasteiger partial charge in [-0.3, -0.25) is 19.4 Å². The highest BCUT2D eigenvalue weighted by atomic mass is 35.5. The third-order valence-electron chi connectivity index (χ3n) is 5.88. The fourth-order valence-electron chi connectivity index (χ4n) is 3.91. The van der Waals surface area contributed by atoms with Gasteiger partial charge in [0.05, 0.1) is 27.4 Å². The fourth-order valence-corrected chi connectivity index (χ4v) is 6.38. The van der Waals surface area contributed by atoms with Crippen LogP contribution in [-0.4, -0.2) is 24.3 Å². The lowest BCUT2D eigenvalue weighted by molar-refractivity contribution is 0.0985. The molecule has 0 aliphatic carbocycles. The Kier molecular flexibility index (Phi) is 7.16. The number of nitrogens with one attached hydrogen (secondary N) is 1. The van der Waals surface area contributed by atoms with Crippen LogP contribution in [0.4, 0.5) is 10.8 Å². The van der Waals surface area contributed by atoms with Gasteiger partial charge in [0.1, 0.15) is 0 Å². The van der Waals surface area contributed by atoms with E-state index in [4.69, 9.17) is 16.6 Å². The maximum absolute atomic E-state index is 13.7. The predicted octanol–water partition coefficient (Wildman–Crippen LogP) is 6.61. The molecule has 0 aliphatic rings. The minimum Gasteiger partial charge on any atom is -0.280 e. The van der Waals surface area contributed by atoms with Crippen molar-refractivity contribution in [3.8, 4) is 0 Å². The lowest BCUT2D eigenvalue weighted by atomic mass is 10.2. The van der Waals surface area contributed by atoms with E-state index in [0.717, 1.165) is 21.3 Å². The highest BCUT2D eigenvalue weighted by Crippen LogP contribution is 2.34. The lowest BCUT2D eigenvalue weighted by Gasteiger charge is -2.20. The number of hydrogen-bond donors (Lipinski definition) is 1. The van der Waals surface area contributed by atoms with Crippen LogP contribution < -0.4 is 9.62 Å². The first kappa shape index (κ1) is 25.8. The van der Waals surface area contributed by atoms with Gasteiger partial charge in [-0.1, -0.05) is 46.7 Å². The molecule has 0 saturated carbocycles. The molecule has 5 aromatic rings. The van der Waals surface area contributed by atoms with E-state index in [1.54, 1.807) is 59.6 Å². The molecule has 1 N–H and O–H groups in total. The number of hydrogen-bond acceptors (Lipinski definition) is 6. The van der Waals surface area contributed by atoms with Crippen LogP contribution in [0.2, 0.25) is 5.02 Å². The molecule has 0 fully saturated rings. The van der Waals surface area contributed by atoms with Crippen molar-refractivity contribution >= 4 is 59.9 Å². The summed E-state index contributed by atoms with van der Waals surface area (Å²) < 4.78 is 29.0. The first-order valence-corrected chi connectivity index (χ1v) is 14.4. The number of halogens is 1. The second-order valence-corrected chi connectivity index (χ2v) is 11.9. The molecule has 0 saturated heterocycles. The van der Waals surface area contributed by atoms with Crippen LogP contribution in [0.1, 0.15) is 27.2 Å². The molecular formula is C28H23ClN4O3S2. The van der Waals surface area contributed by atoms with Crippen molar-refractivity contribution in [3.05, 3.63) is 112 Å². The molecule has 5 rings (SSSR count). The monoisotopic (exact) mass is 562 g/mol. The Morgan fingerprint density at radius 1 is 1.00 bits per heavy atom. The zero-order chi connectivity index (χ0) is 26.9. The first-order chi connectivity index (χ1) is 18.2. The van der Waals surface area contributed by atoms with E-state index in [0.29, 0.717) is 27.1 Å². The third kappa shape index (κ3) is 5.55. The van der Waals surface area contributed by atoms with Crippen molar-refractivity contribution in [2.24, 2.45) is 0 Å². The largest absolute Gasteiger partial charge is 0.280 e. The van der Waals surface area contributed by atoms with Gasteiger partial charge in [-0.15, -0.1) is 0 Å². The summed E-state index contributed by atoms with van der Waals surface area (Å²) in [5, 5.41) is 1.13. The molecule has 2 aromatic heterocycles. The lowest BCUT2D eigenvalue weighted by Crippen LogP contribution is -2.30. The topological polar surface area (TPSA) is 92.3 Å². The Bertz CT molecular complexity index is 1720. The average Bonchev–Trinajstić information content (AvgIpc) is 3.32. The Balaban J connectivity index is 1.44. The summed E-state index contributed by atoms with van der Waals surface area (Å²) >= 11 is 7.62. The summed E-state index contributed by atoms with van der Waals surface area (Å²) in [4.78, 5) is 24.6. The smallest absolute Gasteiger partial charge is 0.261 e. The quantitative estimate of drug-likeness (QED) is 0.241. The molecule has 7 nitrogen and oxygen atoms in total. The molecule has 3 aromatic carbocycles. The van der Waals surface area contributed by atoms with E-state index < -0.39 is 10.0 Å². The van der Waals surface area contributed by atoms with E-state index >= 15 is 0 Å². The van der Waals surface area contributed by atoms with Crippen molar-refractivity contribution in [3.63, 3.8) is 0 Å². The van der Waals surface area contributed by atoms with Crippen LogP contribution in [0, 0.1) is 13.8 Å². The van der Waals surface area contributed by atoms with Crippen LogP contribution in [0.25, 0.3) is 10.2 Å². The molecule has 0 aliphatic heterocycles. The summed E-state index contributed by atoms with van der Waals surface area (Å²) in [5.41, 5.74) is 4.11. The molecule has 0 radical (unpaired) electrons. The second-order valence-electron chi connectivity index (χ2n) is 8.77. The average molecular weight is 563 g/mol. The van der Waals surface area contributed by atoms with E-state index in [9.17, 15) is 13.2 Å². The molecule has 2 heterocycles. The second kappa shape index (κ2) is 10.5. The Hall–Kier alpha value is -3.79. The standard InChI is InChI=1S/C28H23ClN4O3S2/c1-18-6-12-24(13-7-18)38(35,36)32-22-10-8-20(9-11-22)27(34)33(17-23-5-3-4-14-30-23)28-31-26-19(2)15-21(29)16-25(26)37-28/h3-16,32H,17H2,1-2H3. The normalized spacial score (nSPS) is 11.4. The molecule has 38 heavy (non-hydrogen) atoms. The number of sulfonamides is 1. The first-order valence-electron chi connectivity index (χ1n) is 11.7. The summed E-state index contributed by atoms with van der Waals surface area (Å²) in [5.74, 6) is -0.286. The molecule has 0 unspecified atom stereocenters. The van der Waals surface area contributed by atoms with Gasteiger partial charge in [-0.2, -0.15) is 0 Å². The van der Waals surface area contributed by atoms with Gasteiger partial charge in [-0.25, -0.2) is 13.4 Å². The van der Waals surface area contributed by atoms with E-state index in [1.807, 2.05) is 44.2 Å². The number of nitrogens with zero attached hydrogens (tertiary/aromatic N) is 3. The molecule has 192 valence electrons. The van der Waals surface area contributed by atoms with Crippen molar-refractivity contribution in [1.82, 2.24) is 9.97 Å². The van der Waals surface area contributed by atoms with Crippen molar-refractivity contribution in [2.75, 3.05) is 9.62 Å². The number of carbonyl (C=O) groups excluding carboxylic acids is 1. The van der Waals surface area contributed by atoms with Crippen LogP contribution in [-0.2, 0) is 16.6 Å². The van der Waals surface area contributed by atoms with Crippen molar-refractivity contribution in [2.45, 2.75) is 25.3 Å². The number of fused-ring (bicyclic) bond motifs is 1. The van der Waals surface area contributed by atoms with Gasteiger partial charge >= 0.3 is 0 Å². The highest BCUT2D eigenvalue weighted by molar-refractivity contribution is 7.92. The van der Waals surface area contributed by atoms with Crippen molar-refractivity contribution < 1.29 is 13.2 Å². The zero-order valence-electron chi connectivity index (χ0n) is 20.6. The van der Waals surface area contributed by atoms with Gasteiger partial charge < -0.3 is 0 Å². The number of aryl methyl sites for hydroxylation is 2. The molecule has 0 bridgehead atoms. The molecule has 10 heteroatoms. The van der Waals surface area contributed by atoms with E-state index in [-0.39, 0.29) is 17.3 Å². The summed E-state index contributed by atoms with van der Waals surface area (Å²) in [6.45, 7) is 4.04. The summed E-state index contributed by atoms with van der Waals surface area (Å²) in [7, 11) is -3.76. The van der Waals surface area contributed by atoms with Gasteiger partial charge in [0.25, 0.3) is 15.9 Å².